The molecule has 0 aliphatic carbocycles. The number of anilines is 1. The number of carbonyl (C=O) groups excluding carboxylic acids is 1. The number of carbonyl (C=O) groups is 1. The molecule has 1 heterocycles. The van der Waals surface area contributed by atoms with E-state index in [4.69, 9.17) is 4.74 Å². The minimum atomic E-state index is -0.486. The molecule has 0 radical (unpaired) electrons. The van der Waals surface area contributed by atoms with E-state index in [1.165, 1.54) is 6.07 Å². The number of esters is 1. The maximum absolute atomic E-state index is 11.1. The summed E-state index contributed by atoms with van der Waals surface area (Å²) in [5, 5.41) is 13.7. The van der Waals surface area contributed by atoms with E-state index >= 15 is 0 Å². The smallest absolute Gasteiger partial charge is 0.311 e. The number of aryl methyl sites for hydroxylation is 1. The maximum Gasteiger partial charge on any atom is 0.311 e. The molecule has 0 amide bonds. The molecule has 0 aromatic carbocycles. The lowest BCUT2D eigenvalue weighted by atomic mass is 10.3. The summed E-state index contributed by atoms with van der Waals surface area (Å²) >= 11 is 0. The van der Waals surface area contributed by atoms with Crippen molar-refractivity contribution in [1.82, 2.24) is 4.98 Å². The third-order valence-electron chi connectivity index (χ3n) is 2.37. The Balaban J connectivity index is 2.51. The molecule has 0 bridgehead atoms. The van der Waals surface area contributed by atoms with Gasteiger partial charge in [-0.05, 0) is 26.3 Å². The van der Waals surface area contributed by atoms with Crippen LogP contribution in [-0.4, -0.2) is 29.0 Å². The lowest BCUT2D eigenvalue weighted by Gasteiger charge is -2.06. The monoisotopic (exact) mass is 267 g/mol. The van der Waals surface area contributed by atoms with Crippen molar-refractivity contribution in [3.8, 4) is 0 Å². The van der Waals surface area contributed by atoms with Crippen molar-refractivity contribution in [2.75, 3.05) is 18.5 Å². The minimum Gasteiger partial charge on any atom is -0.466 e. The van der Waals surface area contributed by atoms with Gasteiger partial charge >= 0.3 is 11.7 Å². The third kappa shape index (κ3) is 4.90. The predicted octanol–water partition coefficient (Wildman–Crippen LogP) is 2.05. The first-order valence-corrected chi connectivity index (χ1v) is 6.06. The Bertz CT molecular complexity index is 462. The Kier molecular flexibility index (Phi) is 5.72. The second kappa shape index (κ2) is 7.30. The SMILES string of the molecule is CCOC(=O)CCCNc1nc(C)ccc1[N+](=O)[O-]. The number of nitro groups is 1. The van der Waals surface area contributed by atoms with Gasteiger partial charge in [0.1, 0.15) is 0 Å². The molecule has 0 aliphatic heterocycles. The van der Waals surface area contributed by atoms with Crippen molar-refractivity contribution in [1.29, 1.82) is 0 Å². The number of ether oxygens (including phenoxy) is 1. The quantitative estimate of drug-likeness (QED) is 0.351. The molecule has 7 nitrogen and oxygen atoms in total. The highest BCUT2D eigenvalue weighted by Gasteiger charge is 2.14. The Labute approximate surface area is 111 Å². The predicted molar refractivity (Wildman–Crippen MR) is 70.0 cm³/mol. The molecule has 1 N–H and O–H groups in total. The third-order valence-corrected chi connectivity index (χ3v) is 2.37. The lowest BCUT2D eigenvalue weighted by molar-refractivity contribution is -0.384. The highest BCUT2D eigenvalue weighted by molar-refractivity contribution is 5.69. The van der Waals surface area contributed by atoms with Gasteiger partial charge in [0, 0.05) is 24.7 Å². The van der Waals surface area contributed by atoms with E-state index in [-0.39, 0.29) is 23.9 Å². The van der Waals surface area contributed by atoms with Crippen LogP contribution in [0.4, 0.5) is 11.5 Å². The van der Waals surface area contributed by atoms with Crippen LogP contribution in [0.2, 0.25) is 0 Å². The highest BCUT2D eigenvalue weighted by atomic mass is 16.6. The van der Waals surface area contributed by atoms with Crippen molar-refractivity contribution in [2.45, 2.75) is 26.7 Å². The van der Waals surface area contributed by atoms with Gasteiger partial charge in [0.15, 0.2) is 0 Å². The second-order valence-electron chi connectivity index (χ2n) is 3.91. The first-order valence-electron chi connectivity index (χ1n) is 6.06. The van der Waals surface area contributed by atoms with E-state index in [9.17, 15) is 14.9 Å². The molecule has 0 spiro atoms. The van der Waals surface area contributed by atoms with Crippen LogP contribution in [0.25, 0.3) is 0 Å². The van der Waals surface area contributed by atoms with Crippen LogP contribution in [0.1, 0.15) is 25.5 Å². The van der Waals surface area contributed by atoms with Crippen LogP contribution in [0.3, 0.4) is 0 Å². The van der Waals surface area contributed by atoms with Gasteiger partial charge in [-0.2, -0.15) is 0 Å². The van der Waals surface area contributed by atoms with Crippen molar-refractivity contribution in [2.24, 2.45) is 0 Å². The molecule has 1 aromatic rings. The van der Waals surface area contributed by atoms with Crippen LogP contribution in [0, 0.1) is 17.0 Å². The summed E-state index contributed by atoms with van der Waals surface area (Å²) in [6.07, 6.45) is 0.812. The zero-order chi connectivity index (χ0) is 14.3. The van der Waals surface area contributed by atoms with Crippen molar-refractivity contribution in [3.63, 3.8) is 0 Å². The molecule has 0 atom stereocenters. The van der Waals surface area contributed by atoms with Crippen LogP contribution in [0.5, 0.6) is 0 Å². The van der Waals surface area contributed by atoms with Crippen molar-refractivity contribution < 1.29 is 14.5 Å². The standard InChI is InChI=1S/C12H17N3O4/c1-3-19-11(16)5-4-8-13-12-10(15(17)18)7-6-9(2)14-12/h6-7H,3-5,8H2,1-2H3,(H,13,14). The number of nitrogens with zero attached hydrogens (tertiary/aromatic N) is 2. The summed E-state index contributed by atoms with van der Waals surface area (Å²) in [5.41, 5.74) is 0.625. The molecule has 0 aliphatic rings. The molecule has 7 heteroatoms. The number of aromatic nitrogens is 1. The van der Waals surface area contributed by atoms with E-state index in [1.54, 1.807) is 19.9 Å². The van der Waals surface area contributed by atoms with Gasteiger partial charge in [-0.15, -0.1) is 0 Å². The minimum absolute atomic E-state index is 0.0678. The Morgan fingerprint density at radius 2 is 2.26 bits per heavy atom. The summed E-state index contributed by atoms with van der Waals surface area (Å²) in [5.74, 6) is -0.0372. The van der Waals surface area contributed by atoms with Gasteiger partial charge in [0.05, 0.1) is 11.5 Å². The van der Waals surface area contributed by atoms with E-state index in [0.717, 1.165) is 0 Å². The summed E-state index contributed by atoms with van der Waals surface area (Å²) in [6.45, 7) is 4.29. The summed E-state index contributed by atoms with van der Waals surface area (Å²) in [6, 6.07) is 3.00. The van der Waals surface area contributed by atoms with Crippen LogP contribution in [0.15, 0.2) is 12.1 Å². The molecule has 0 saturated carbocycles. The lowest BCUT2D eigenvalue weighted by Crippen LogP contribution is -2.10. The molecular formula is C12H17N3O4. The Hall–Kier alpha value is -2.18. The highest BCUT2D eigenvalue weighted by Crippen LogP contribution is 2.21. The first kappa shape index (κ1) is 14.9. The van der Waals surface area contributed by atoms with E-state index < -0.39 is 4.92 Å². The first-order chi connectivity index (χ1) is 9.04. The Morgan fingerprint density at radius 1 is 1.53 bits per heavy atom. The average molecular weight is 267 g/mol. The van der Waals surface area contributed by atoms with Crippen LogP contribution in [-0.2, 0) is 9.53 Å². The summed E-state index contributed by atoms with van der Waals surface area (Å²) < 4.78 is 4.78. The fraction of sp³-hybridized carbons (Fsp3) is 0.500. The van der Waals surface area contributed by atoms with Gasteiger partial charge in [0.25, 0.3) is 0 Å². The maximum atomic E-state index is 11.1. The zero-order valence-electron chi connectivity index (χ0n) is 11.0. The molecule has 1 rings (SSSR count). The van der Waals surface area contributed by atoms with Gasteiger partial charge in [-0.3, -0.25) is 14.9 Å². The van der Waals surface area contributed by atoms with Gasteiger partial charge in [-0.25, -0.2) is 4.98 Å². The molecule has 1 aromatic heterocycles. The number of hydrogen-bond acceptors (Lipinski definition) is 6. The molecule has 0 fully saturated rings. The number of nitrogens with one attached hydrogen (secondary N) is 1. The van der Waals surface area contributed by atoms with Crippen LogP contribution < -0.4 is 5.32 Å². The number of hydrogen-bond donors (Lipinski definition) is 1. The number of rotatable bonds is 7. The molecule has 0 saturated heterocycles. The zero-order valence-corrected chi connectivity index (χ0v) is 11.0. The second-order valence-corrected chi connectivity index (χ2v) is 3.91. The largest absolute Gasteiger partial charge is 0.466 e. The molecule has 104 valence electrons. The van der Waals surface area contributed by atoms with E-state index in [1.807, 2.05) is 0 Å². The summed E-state index contributed by atoms with van der Waals surface area (Å²) in [7, 11) is 0. The Morgan fingerprint density at radius 3 is 2.89 bits per heavy atom. The van der Waals surface area contributed by atoms with Gasteiger partial charge in [-0.1, -0.05) is 0 Å². The molecular weight excluding hydrogens is 250 g/mol. The van der Waals surface area contributed by atoms with Gasteiger partial charge in [0.2, 0.25) is 5.82 Å². The van der Waals surface area contributed by atoms with E-state index in [0.29, 0.717) is 25.3 Å². The fourth-order valence-corrected chi connectivity index (χ4v) is 1.50. The fourth-order valence-electron chi connectivity index (χ4n) is 1.50. The van der Waals surface area contributed by atoms with Crippen molar-refractivity contribution in [3.05, 3.63) is 27.9 Å². The molecule has 19 heavy (non-hydrogen) atoms. The van der Waals surface area contributed by atoms with E-state index in [2.05, 4.69) is 10.3 Å². The van der Waals surface area contributed by atoms with Gasteiger partial charge < -0.3 is 10.1 Å². The topological polar surface area (TPSA) is 94.4 Å². The van der Waals surface area contributed by atoms with Crippen LogP contribution >= 0.6 is 0 Å². The normalized spacial score (nSPS) is 10.0. The number of pyridine rings is 1. The average Bonchev–Trinajstić information content (AvgIpc) is 2.34. The molecule has 0 unspecified atom stereocenters. The summed E-state index contributed by atoms with van der Waals surface area (Å²) in [4.78, 5) is 25.5. The van der Waals surface area contributed by atoms with Crippen molar-refractivity contribution >= 4 is 17.5 Å².